The standard InChI is InChI=1S/C18H24N4O/c1-21(2)15-8-5-7-14(13-15)18(23)20-16-9-3-4-10-17(16)22-12-6-11-19-22/h5-8,11-13,16-17H,3-4,9-10H2,1-2H3,(H,20,23)/t16-,17+/m0/s1. The molecular weight excluding hydrogens is 288 g/mol. The van der Waals surface area contributed by atoms with Crippen LogP contribution in [0.3, 0.4) is 0 Å². The molecule has 0 saturated heterocycles. The summed E-state index contributed by atoms with van der Waals surface area (Å²) in [5, 5.41) is 7.59. The largest absolute Gasteiger partial charge is 0.378 e. The average Bonchev–Trinajstić information content (AvgIpc) is 3.09. The van der Waals surface area contributed by atoms with Crippen LogP contribution in [0.2, 0.25) is 0 Å². The lowest BCUT2D eigenvalue weighted by Gasteiger charge is -2.32. The Balaban J connectivity index is 1.74. The van der Waals surface area contributed by atoms with Crippen LogP contribution in [0.25, 0.3) is 0 Å². The second kappa shape index (κ2) is 6.86. The van der Waals surface area contributed by atoms with Crippen LogP contribution in [0.1, 0.15) is 42.1 Å². The Morgan fingerprint density at radius 1 is 1.26 bits per heavy atom. The van der Waals surface area contributed by atoms with Crippen LogP contribution in [0, 0.1) is 0 Å². The minimum Gasteiger partial charge on any atom is -0.378 e. The molecule has 122 valence electrons. The molecule has 23 heavy (non-hydrogen) atoms. The first-order chi connectivity index (χ1) is 11.1. The number of aromatic nitrogens is 2. The van der Waals surface area contributed by atoms with Gasteiger partial charge in [0.1, 0.15) is 0 Å². The molecule has 1 N–H and O–H groups in total. The van der Waals surface area contributed by atoms with Crippen molar-refractivity contribution < 1.29 is 4.79 Å². The van der Waals surface area contributed by atoms with E-state index in [9.17, 15) is 4.79 Å². The normalized spacial score (nSPS) is 21.0. The van der Waals surface area contributed by atoms with Gasteiger partial charge in [0.25, 0.3) is 5.91 Å². The van der Waals surface area contributed by atoms with Gasteiger partial charge in [-0.05, 0) is 37.1 Å². The molecule has 1 amide bonds. The van der Waals surface area contributed by atoms with E-state index in [1.807, 2.05) is 60.2 Å². The molecule has 1 aliphatic carbocycles. The first-order valence-corrected chi connectivity index (χ1v) is 8.22. The summed E-state index contributed by atoms with van der Waals surface area (Å²) in [6, 6.07) is 10.1. The van der Waals surface area contributed by atoms with Crippen molar-refractivity contribution in [2.45, 2.75) is 37.8 Å². The van der Waals surface area contributed by atoms with Crippen LogP contribution in [0.4, 0.5) is 5.69 Å². The molecule has 5 nitrogen and oxygen atoms in total. The van der Waals surface area contributed by atoms with Crippen LogP contribution < -0.4 is 10.2 Å². The maximum Gasteiger partial charge on any atom is 0.251 e. The number of anilines is 1. The molecule has 0 aliphatic heterocycles. The third kappa shape index (κ3) is 3.55. The molecule has 1 heterocycles. The SMILES string of the molecule is CN(C)c1cccc(C(=O)N[C@H]2CCCC[C@H]2n2cccn2)c1. The topological polar surface area (TPSA) is 50.2 Å². The van der Waals surface area contributed by atoms with Gasteiger partial charge < -0.3 is 10.2 Å². The maximum atomic E-state index is 12.6. The minimum absolute atomic E-state index is 0.00208. The predicted molar refractivity (Wildman–Crippen MR) is 91.8 cm³/mol. The van der Waals surface area contributed by atoms with Crippen LogP contribution in [-0.4, -0.2) is 35.8 Å². The Hall–Kier alpha value is -2.30. The Morgan fingerprint density at radius 2 is 2.09 bits per heavy atom. The first kappa shape index (κ1) is 15.6. The zero-order chi connectivity index (χ0) is 16.2. The van der Waals surface area contributed by atoms with Crippen molar-refractivity contribution in [2.75, 3.05) is 19.0 Å². The predicted octanol–water partition coefficient (Wildman–Crippen LogP) is 2.86. The van der Waals surface area contributed by atoms with E-state index >= 15 is 0 Å². The monoisotopic (exact) mass is 312 g/mol. The minimum atomic E-state index is -0.00208. The highest BCUT2D eigenvalue weighted by atomic mass is 16.1. The van der Waals surface area contributed by atoms with E-state index < -0.39 is 0 Å². The summed E-state index contributed by atoms with van der Waals surface area (Å²) in [6.45, 7) is 0. The number of benzene rings is 1. The molecule has 1 aliphatic rings. The molecule has 1 fully saturated rings. The number of carbonyl (C=O) groups is 1. The van der Waals surface area contributed by atoms with E-state index in [0.29, 0.717) is 5.56 Å². The summed E-state index contributed by atoms with van der Waals surface area (Å²) < 4.78 is 1.99. The number of rotatable bonds is 4. The Labute approximate surface area is 137 Å². The summed E-state index contributed by atoms with van der Waals surface area (Å²) in [7, 11) is 3.96. The molecule has 1 aromatic carbocycles. The van der Waals surface area contributed by atoms with Gasteiger partial charge in [-0.25, -0.2) is 0 Å². The number of amides is 1. The zero-order valence-corrected chi connectivity index (χ0v) is 13.8. The third-order valence-electron chi connectivity index (χ3n) is 4.54. The molecule has 0 radical (unpaired) electrons. The van der Waals surface area contributed by atoms with Gasteiger partial charge in [0.05, 0.1) is 12.1 Å². The number of hydrogen-bond donors (Lipinski definition) is 1. The van der Waals surface area contributed by atoms with Gasteiger partial charge in [-0.1, -0.05) is 18.9 Å². The Morgan fingerprint density at radius 3 is 2.83 bits per heavy atom. The number of nitrogens with zero attached hydrogens (tertiary/aromatic N) is 3. The van der Waals surface area contributed by atoms with E-state index in [2.05, 4.69) is 10.4 Å². The van der Waals surface area contributed by atoms with Gasteiger partial charge in [-0.2, -0.15) is 5.10 Å². The van der Waals surface area contributed by atoms with Crippen molar-refractivity contribution in [3.63, 3.8) is 0 Å². The van der Waals surface area contributed by atoms with Crippen LogP contribution >= 0.6 is 0 Å². The van der Waals surface area contributed by atoms with Gasteiger partial charge in [-0.15, -0.1) is 0 Å². The summed E-state index contributed by atoms with van der Waals surface area (Å²) in [4.78, 5) is 14.6. The number of carbonyl (C=O) groups excluding carboxylic acids is 1. The summed E-state index contributed by atoms with van der Waals surface area (Å²) in [6.07, 6.45) is 8.19. The fourth-order valence-corrected chi connectivity index (χ4v) is 3.25. The summed E-state index contributed by atoms with van der Waals surface area (Å²) >= 11 is 0. The highest BCUT2D eigenvalue weighted by Gasteiger charge is 2.28. The van der Waals surface area contributed by atoms with Gasteiger partial charge >= 0.3 is 0 Å². The average molecular weight is 312 g/mol. The zero-order valence-electron chi connectivity index (χ0n) is 13.8. The van der Waals surface area contributed by atoms with Crippen molar-refractivity contribution in [3.8, 4) is 0 Å². The lowest BCUT2D eigenvalue weighted by Crippen LogP contribution is -2.43. The van der Waals surface area contributed by atoms with E-state index in [1.165, 1.54) is 6.42 Å². The lowest BCUT2D eigenvalue weighted by molar-refractivity contribution is 0.0905. The van der Waals surface area contributed by atoms with Gasteiger partial charge in [-0.3, -0.25) is 9.48 Å². The van der Waals surface area contributed by atoms with Gasteiger partial charge in [0.15, 0.2) is 0 Å². The van der Waals surface area contributed by atoms with Crippen molar-refractivity contribution >= 4 is 11.6 Å². The molecule has 2 atom stereocenters. The van der Waals surface area contributed by atoms with Gasteiger partial charge in [0, 0.05) is 37.7 Å². The second-order valence-electron chi connectivity index (χ2n) is 6.36. The van der Waals surface area contributed by atoms with Crippen molar-refractivity contribution in [1.29, 1.82) is 0 Å². The van der Waals surface area contributed by atoms with Crippen molar-refractivity contribution in [2.24, 2.45) is 0 Å². The Kier molecular flexibility index (Phi) is 4.65. The van der Waals surface area contributed by atoms with E-state index in [1.54, 1.807) is 6.20 Å². The van der Waals surface area contributed by atoms with E-state index in [0.717, 1.165) is 24.9 Å². The number of hydrogen-bond acceptors (Lipinski definition) is 3. The van der Waals surface area contributed by atoms with Crippen LogP contribution in [-0.2, 0) is 0 Å². The first-order valence-electron chi connectivity index (χ1n) is 8.22. The van der Waals surface area contributed by atoms with Crippen molar-refractivity contribution in [1.82, 2.24) is 15.1 Å². The molecule has 5 heteroatoms. The quantitative estimate of drug-likeness (QED) is 0.944. The smallest absolute Gasteiger partial charge is 0.251 e. The highest BCUT2D eigenvalue weighted by Crippen LogP contribution is 2.28. The number of nitrogens with one attached hydrogen (secondary N) is 1. The molecule has 2 aromatic rings. The molecule has 0 bridgehead atoms. The van der Waals surface area contributed by atoms with Gasteiger partial charge in [0.2, 0.25) is 0 Å². The molecule has 1 saturated carbocycles. The fraction of sp³-hybridized carbons (Fsp3) is 0.444. The lowest BCUT2D eigenvalue weighted by atomic mass is 9.90. The molecule has 3 rings (SSSR count). The van der Waals surface area contributed by atoms with E-state index in [-0.39, 0.29) is 18.0 Å². The maximum absolute atomic E-state index is 12.6. The molecule has 1 aromatic heterocycles. The molecule has 0 spiro atoms. The summed E-state index contributed by atoms with van der Waals surface area (Å²) in [5.74, 6) is -0.00208. The van der Waals surface area contributed by atoms with Crippen LogP contribution in [0.5, 0.6) is 0 Å². The summed E-state index contributed by atoms with van der Waals surface area (Å²) in [5.41, 5.74) is 1.74. The van der Waals surface area contributed by atoms with Crippen molar-refractivity contribution in [3.05, 3.63) is 48.3 Å². The molecule has 0 unspecified atom stereocenters. The second-order valence-corrected chi connectivity index (χ2v) is 6.36. The van der Waals surface area contributed by atoms with E-state index in [4.69, 9.17) is 0 Å². The molecular formula is C18H24N4O. The fourth-order valence-electron chi connectivity index (χ4n) is 3.25. The highest BCUT2D eigenvalue weighted by molar-refractivity contribution is 5.95. The van der Waals surface area contributed by atoms with Crippen LogP contribution in [0.15, 0.2) is 42.7 Å². The Bertz CT molecular complexity index is 651. The third-order valence-corrected chi connectivity index (χ3v) is 4.54.